The summed E-state index contributed by atoms with van der Waals surface area (Å²) in [5.41, 5.74) is -0.365. The van der Waals surface area contributed by atoms with Gasteiger partial charge in [-0.25, -0.2) is 8.78 Å². The highest BCUT2D eigenvalue weighted by atomic mass is 19.3. The molecule has 0 radical (unpaired) electrons. The van der Waals surface area contributed by atoms with Gasteiger partial charge in [-0.05, 0) is 48.6 Å². The predicted octanol–water partition coefficient (Wildman–Crippen LogP) is 5.56. The standard InChI is InChI=1S/C18H17F5O/c1-2-13-7-10-15(17(21)16(13)20)18(22,23)24-14-8-5-12(6-9-14)4-3-11-19/h5-10H,2-4,11H2,1H3. The zero-order chi connectivity index (χ0) is 17.7. The summed E-state index contributed by atoms with van der Waals surface area (Å²) >= 11 is 0. The average Bonchev–Trinajstić information content (AvgIpc) is 2.56. The van der Waals surface area contributed by atoms with Crippen LogP contribution in [0.2, 0.25) is 0 Å². The third-order valence-corrected chi connectivity index (χ3v) is 3.63. The van der Waals surface area contributed by atoms with Gasteiger partial charge in [0.05, 0.1) is 6.67 Å². The summed E-state index contributed by atoms with van der Waals surface area (Å²) < 4.78 is 72.5. The summed E-state index contributed by atoms with van der Waals surface area (Å²) in [6, 6.07) is 7.57. The summed E-state index contributed by atoms with van der Waals surface area (Å²) in [7, 11) is 0. The van der Waals surface area contributed by atoms with Gasteiger partial charge in [-0.1, -0.05) is 25.1 Å². The Kier molecular flexibility index (Phi) is 5.80. The number of hydrogen-bond acceptors (Lipinski definition) is 1. The van der Waals surface area contributed by atoms with E-state index in [4.69, 9.17) is 0 Å². The molecular weight excluding hydrogens is 327 g/mol. The molecule has 6 heteroatoms. The highest BCUT2D eigenvalue weighted by Gasteiger charge is 2.39. The van der Waals surface area contributed by atoms with E-state index in [2.05, 4.69) is 4.74 Å². The van der Waals surface area contributed by atoms with Crippen molar-refractivity contribution in [1.29, 1.82) is 0 Å². The molecule has 2 aromatic rings. The van der Waals surface area contributed by atoms with E-state index in [1.54, 1.807) is 6.92 Å². The first-order valence-corrected chi connectivity index (χ1v) is 7.58. The first kappa shape index (κ1) is 18.2. The monoisotopic (exact) mass is 344 g/mol. The van der Waals surface area contributed by atoms with Crippen molar-refractivity contribution in [1.82, 2.24) is 0 Å². The SMILES string of the molecule is CCc1ccc(C(F)(F)Oc2ccc(CCCF)cc2)c(F)c1F. The van der Waals surface area contributed by atoms with Crippen LogP contribution in [0.1, 0.15) is 30.0 Å². The van der Waals surface area contributed by atoms with Crippen molar-refractivity contribution in [3.8, 4) is 5.75 Å². The van der Waals surface area contributed by atoms with Crippen molar-refractivity contribution in [3.63, 3.8) is 0 Å². The fourth-order valence-electron chi connectivity index (χ4n) is 2.29. The zero-order valence-electron chi connectivity index (χ0n) is 13.1. The fraction of sp³-hybridized carbons (Fsp3) is 0.333. The van der Waals surface area contributed by atoms with E-state index in [1.807, 2.05) is 0 Å². The Bertz CT molecular complexity index is 683. The lowest BCUT2D eigenvalue weighted by molar-refractivity contribution is -0.187. The fourth-order valence-corrected chi connectivity index (χ4v) is 2.29. The zero-order valence-corrected chi connectivity index (χ0v) is 13.1. The van der Waals surface area contributed by atoms with Crippen LogP contribution in [-0.4, -0.2) is 6.67 Å². The molecule has 0 fully saturated rings. The molecule has 0 heterocycles. The molecule has 0 saturated carbocycles. The normalized spacial score (nSPS) is 11.6. The number of ether oxygens (including phenoxy) is 1. The highest BCUT2D eigenvalue weighted by Crippen LogP contribution is 2.34. The van der Waals surface area contributed by atoms with Crippen molar-refractivity contribution in [2.75, 3.05) is 6.67 Å². The van der Waals surface area contributed by atoms with Gasteiger partial charge in [0.15, 0.2) is 11.6 Å². The largest absolute Gasteiger partial charge is 0.429 e. The minimum Gasteiger partial charge on any atom is -0.429 e. The molecule has 2 rings (SSSR count). The van der Waals surface area contributed by atoms with Crippen molar-refractivity contribution in [2.45, 2.75) is 32.3 Å². The van der Waals surface area contributed by atoms with Crippen LogP contribution in [0.25, 0.3) is 0 Å². The summed E-state index contributed by atoms with van der Waals surface area (Å²) in [4.78, 5) is 0. The highest BCUT2D eigenvalue weighted by molar-refractivity contribution is 5.31. The van der Waals surface area contributed by atoms with E-state index in [1.165, 1.54) is 24.3 Å². The molecule has 0 atom stereocenters. The van der Waals surface area contributed by atoms with Gasteiger partial charge in [0.1, 0.15) is 11.3 Å². The maximum Gasteiger partial charge on any atom is 0.429 e. The second-order valence-corrected chi connectivity index (χ2v) is 5.31. The van der Waals surface area contributed by atoms with Crippen molar-refractivity contribution in [2.24, 2.45) is 0 Å². The Balaban J connectivity index is 2.20. The van der Waals surface area contributed by atoms with E-state index >= 15 is 0 Å². The third-order valence-electron chi connectivity index (χ3n) is 3.63. The Hall–Kier alpha value is -2.11. The second kappa shape index (κ2) is 7.64. The van der Waals surface area contributed by atoms with Crippen molar-refractivity contribution in [3.05, 3.63) is 64.7 Å². The van der Waals surface area contributed by atoms with E-state index in [9.17, 15) is 22.0 Å². The Morgan fingerprint density at radius 3 is 2.21 bits per heavy atom. The van der Waals surface area contributed by atoms with E-state index in [-0.39, 0.29) is 17.7 Å². The van der Waals surface area contributed by atoms with Crippen LogP contribution in [0, 0.1) is 11.6 Å². The Labute approximate surface area is 137 Å². The van der Waals surface area contributed by atoms with Gasteiger partial charge in [0.25, 0.3) is 0 Å². The third kappa shape index (κ3) is 4.04. The van der Waals surface area contributed by atoms with Crippen LogP contribution < -0.4 is 4.74 Å². The lowest BCUT2D eigenvalue weighted by atomic mass is 10.1. The lowest BCUT2D eigenvalue weighted by Gasteiger charge is -2.19. The van der Waals surface area contributed by atoms with Crippen LogP contribution in [0.3, 0.4) is 0 Å². The molecule has 1 nitrogen and oxygen atoms in total. The van der Waals surface area contributed by atoms with E-state index < -0.39 is 30.0 Å². The van der Waals surface area contributed by atoms with Crippen molar-refractivity contribution < 1.29 is 26.7 Å². The molecule has 24 heavy (non-hydrogen) atoms. The molecule has 0 aliphatic rings. The van der Waals surface area contributed by atoms with Crippen LogP contribution in [-0.2, 0) is 19.0 Å². The molecular formula is C18H17F5O. The minimum atomic E-state index is -4.02. The Morgan fingerprint density at radius 1 is 0.958 bits per heavy atom. The maximum absolute atomic E-state index is 14.1. The number of benzene rings is 2. The van der Waals surface area contributed by atoms with E-state index in [0.29, 0.717) is 12.8 Å². The predicted molar refractivity (Wildman–Crippen MR) is 81.0 cm³/mol. The molecule has 0 amide bonds. The Morgan fingerprint density at radius 2 is 1.62 bits per heavy atom. The lowest BCUT2D eigenvalue weighted by Crippen LogP contribution is -2.24. The first-order valence-electron chi connectivity index (χ1n) is 7.58. The van der Waals surface area contributed by atoms with Gasteiger partial charge < -0.3 is 4.74 Å². The van der Waals surface area contributed by atoms with Gasteiger partial charge in [-0.15, -0.1) is 0 Å². The van der Waals surface area contributed by atoms with Crippen LogP contribution >= 0.6 is 0 Å². The summed E-state index contributed by atoms with van der Waals surface area (Å²) in [6.07, 6.45) is -3.01. The molecule has 0 N–H and O–H groups in total. The maximum atomic E-state index is 14.1. The number of hydrogen-bond donors (Lipinski definition) is 0. The van der Waals surface area contributed by atoms with Crippen LogP contribution in [0.15, 0.2) is 36.4 Å². The van der Waals surface area contributed by atoms with E-state index in [0.717, 1.165) is 17.7 Å². The summed E-state index contributed by atoms with van der Waals surface area (Å²) in [6.45, 7) is 1.13. The molecule has 0 unspecified atom stereocenters. The quantitative estimate of drug-likeness (QED) is 0.598. The smallest absolute Gasteiger partial charge is 0.429 e. The van der Waals surface area contributed by atoms with Gasteiger partial charge in [-0.2, -0.15) is 8.78 Å². The molecule has 0 aliphatic heterocycles. The minimum absolute atomic E-state index is 0.0178. The summed E-state index contributed by atoms with van der Waals surface area (Å²) in [5, 5.41) is 0. The van der Waals surface area contributed by atoms with Crippen LogP contribution in [0.4, 0.5) is 22.0 Å². The van der Waals surface area contributed by atoms with Gasteiger partial charge in [-0.3, -0.25) is 4.39 Å². The molecule has 2 aromatic carbocycles. The summed E-state index contributed by atoms with van der Waals surface area (Å²) in [5.74, 6) is -3.10. The number of aryl methyl sites for hydroxylation is 2. The molecule has 130 valence electrons. The van der Waals surface area contributed by atoms with Gasteiger partial charge >= 0.3 is 6.11 Å². The van der Waals surface area contributed by atoms with Gasteiger partial charge in [0.2, 0.25) is 0 Å². The molecule has 0 aromatic heterocycles. The molecule has 0 spiro atoms. The molecule has 0 aliphatic carbocycles. The average molecular weight is 344 g/mol. The van der Waals surface area contributed by atoms with Crippen LogP contribution in [0.5, 0.6) is 5.75 Å². The molecule has 0 saturated heterocycles. The number of alkyl halides is 3. The molecule has 0 bridgehead atoms. The number of rotatable bonds is 7. The topological polar surface area (TPSA) is 9.23 Å². The second-order valence-electron chi connectivity index (χ2n) is 5.31. The first-order chi connectivity index (χ1) is 11.4. The number of halogens is 5. The van der Waals surface area contributed by atoms with Crippen molar-refractivity contribution >= 4 is 0 Å². The van der Waals surface area contributed by atoms with Gasteiger partial charge in [0, 0.05) is 0 Å².